The number of hydrogen-bond acceptors (Lipinski definition) is 11. The number of anilines is 3. The summed E-state index contributed by atoms with van der Waals surface area (Å²) in [6, 6.07) is 3.62. The van der Waals surface area contributed by atoms with Gasteiger partial charge in [0.2, 0.25) is 23.8 Å². The largest absolute Gasteiger partial charge is 0.394 e. The van der Waals surface area contributed by atoms with Gasteiger partial charge in [0, 0.05) is 32.8 Å². The third-order valence-corrected chi connectivity index (χ3v) is 6.40. The number of H-pyrrole nitrogens is 1. The summed E-state index contributed by atoms with van der Waals surface area (Å²) in [5.41, 5.74) is 7.55. The monoisotopic (exact) mass is 506 g/mol. The van der Waals surface area contributed by atoms with Crippen molar-refractivity contribution in [3.8, 4) is 0 Å². The van der Waals surface area contributed by atoms with Crippen LogP contribution >= 0.6 is 0 Å². The zero-order chi connectivity index (χ0) is 26.0. The van der Waals surface area contributed by atoms with Crippen molar-refractivity contribution in [2.24, 2.45) is 7.05 Å². The van der Waals surface area contributed by atoms with Gasteiger partial charge in [-0.15, -0.1) is 0 Å². The predicted octanol–water partition coefficient (Wildman–Crippen LogP) is -0.143. The normalized spacial score (nSPS) is 19.8. The maximum absolute atomic E-state index is 13.1. The number of benzene rings is 1. The summed E-state index contributed by atoms with van der Waals surface area (Å²) in [7, 11) is 1.73. The van der Waals surface area contributed by atoms with E-state index >= 15 is 0 Å². The first-order valence-corrected chi connectivity index (χ1v) is 11.4. The van der Waals surface area contributed by atoms with E-state index in [1.807, 2.05) is 6.07 Å². The lowest BCUT2D eigenvalue weighted by atomic mass is 10.2. The molecule has 0 aliphatic carbocycles. The number of ether oxygens (including phenoxy) is 1. The van der Waals surface area contributed by atoms with Gasteiger partial charge in [0.15, 0.2) is 11.2 Å². The molecule has 5 aromatic rings. The predicted molar refractivity (Wildman–Crippen MR) is 131 cm³/mol. The number of imidazole rings is 2. The Morgan fingerprint density at radius 3 is 2.68 bits per heavy atom. The molecule has 6 rings (SSSR count). The van der Waals surface area contributed by atoms with Crippen LogP contribution in [0.2, 0.25) is 0 Å². The Labute approximate surface area is 207 Å². The number of aromatic nitrogens is 8. The summed E-state index contributed by atoms with van der Waals surface area (Å²) in [6.07, 6.45) is 0.401. The fraction of sp³-hybridized carbons (Fsp3) is 0.318. The van der Waals surface area contributed by atoms with Gasteiger partial charge in [0.1, 0.15) is 23.4 Å². The van der Waals surface area contributed by atoms with E-state index in [2.05, 4.69) is 24.9 Å². The van der Waals surface area contributed by atoms with Crippen LogP contribution in [0.3, 0.4) is 0 Å². The molecule has 5 heterocycles. The Bertz CT molecular complexity index is 1760. The highest BCUT2D eigenvalue weighted by molar-refractivity contribution is 6.04. The Hall–Kier alpha value is -4.47. The van der Waals surface area contributed by atoms with Crippen molar-refractivity contribution in [3.05, 3.63) is 34.9 Å². The number of rotatable bonds is 4. The van der Waals surface area contributed by atoms with E-state index in [9.17, 15) is 19.8 Å². The quantitative estimate of drug-likeness (QED) is 0.252. The summed E-state index contributed by atoms with van der Waals surface area (Å²) in [6.45, 7) is 0.902. The molecule has 1 fully saturated rings. The zero-order valence-electron chi connectivity index (χ0n) is 19.7. The molecule has 15 heteroatoms. The van der Waals surface area contributed by atoms with Gasteiger partial charge in [-0.25, -0.2) is 14.9 Å². The first-order chi connectivity index (χ1) is 17.8. The van der Waals surface area contributed by atoms with Crippen LogP contribution in [0.15, 0.2) is 29.3 Å². The summed E-state index contributed by atoms with van der Waals surface area (Å²) < 4.78 is 8.97. The van der Waals surface area contributed by atoms with E-state index in [1.54, 1.807) is 30.1 Å². The number of carbonyl (C=O) groups excluding carboxylic acids is 1. The third-order valence-electron chi connectivity index (χ3n) is 6.40. The van der Waals surface area contributed by atoms with Crippen molar-refractivity contribution in [2.75, 3.05) is 17.2 Å². The standard InChI is InChI=1S/C22H22N10O5/c1-9(34)31(21-26-16-11(30(21)2)4-3-10-15(16)25-6-5-24-10)22-27-17-18(28-20(23)29-19(17)36)32(22)14-7-12(35)13(8-33)37-14/h3-6,12-14,33,35H,7-8H2,1-2H3,(H3,23,28,29,36)/t12-,13+,14+/m0/s1. The Kier molecular flexibility index (Phi) is 5.15. The van der Waals surface area contributed by atoms with Crippen molar-refractivity contribution in [1.82, 2.24) is 39.0 Å². The summed E-state index contributed by atoms with van der Waals surface area (Å²) in [5, 5.41) is 20.0. The second-order valence-corrected chi connectivity index (χ2v) is 8.70. The van der Waals surface area contributed by atoms with Crippen LogP contribution in [0.25, 0.3) is 33.2 Å². The van der Waals surface area contributed by atoms with Gasteiger partial charge < -0.3 is 25.3 Å². The molecule has 1 saturated heterocycles. The highest BCUT2D eigenvalue weighted by Crippen LogP contribution is 2.37. The molecule has 5 N–H and O–H groups in total. The number of nitrogen functional groups attached to an aromatic ring is 1. The van der Waals surface area contributed by atoms with Gasteiger partial charge in [0.05, 0.1) is 23.7 Å². The van der Waals surface area contributed by atoms with Crippen molar-refractivity contribution in [1.29, 1.82) is 0 Å². The van der Waals surface area contributed by atoms with Crippen LogP contribution < -0.4 is 16.2 Å². The minimum Gasteiger partial charge on any atom is -0.394 e. The Morgan fingerprint density at radius 1 is 1.19 bits per heavy atom. The SMILES string of the molecule is CC(=O)N(c1nc2c3nccnc3ccc2n1C)c1nc2c(=O)[nH]c(N)nc2n1[C@H]1C[C@H](O)[C@@H](CO)O1. The number of aliphatic hydroxyl groups is 2. The molecule has 1 aliphatic rings. The number of nitrogens with two attached hydrogens (primary N) is 1. The number of amides is 1. The summed E-state index contributed by atoms with van der Waals surface area (Å²) in [5.74, 6) is -0.453. The average Bonchev–Trinajstić information content (AvgIpc) is 3.52. The minimum atomic E-state index is -0.994. The summed E-state index contributed by atoms with van der Waals surface area (Å²) in [4.78, 5) is 51.6. The van der Waals surface area contributed by atoms with Crippen LogP contribution in [-0.2, 0) is 16.6 Å². The smallest absolute Gasteiger partial charge is 0.280 e. The molecular formula is C22H22N10O5. The van der Waals surface area contributed by atoms with Crippen molar-refractivity contribution < 1.29 is 19.7 Å². The van der Waals surface area contributed by atoms with Gasteiger partial charge in [-0.3, -0.25) is 29.1 Å². The van der Waals surface area contributed by atoms with Crippen molar-refractivity contribution >= 4 is 57.0 Å². The number of nitrogens with one attached hydrogen (secondary N) is 1. The van der Waals surface area contributed by atoms with E-state index in [1.165, 1.54) is 16.4 Å². The number of aryl methyl sites for hydroxylation is 1. The van der Waals surface area contributed by atoms with Crippen LogP contribution in [0.5, 0.6) is 0 Å². The molecule has 0 spiro atoms. The highest BCUT2D eigenvalue weighted by Gasteiger charge is 2.39. The Balaban J connectivity index is 1.63. The summed E-state index contributed by atoms with van der Waals surface area (Å²) >= 11 is 0. The molecule has 1 amide bonds. The van der Waals surface area contributed by atoms with Crippen LogP contribution in [0.4, 0.5) is 17.8 Å². The van der Waals surface area contributed by atoms with Gasteiger partial charge in [-0.2, -0.15) is 4.98 Å². The second kappa shape index (κ2) is 8.29. The first kappa shape index (κ1) is 23.0. The van der Waals surface area contributed by atoms with Gasteiger partial charge in [-0.1, -0.05) is 0 Å². The van der Waals surface area contributed by atoms with Crippen LogP contribution in [-0.4, -0.2) is 74.0 Å². The van der Waals surface area contributed by atoms with Crippen molar-refractivity contribution in [2.45, 2.75) is 31.8 Å². The highest BCUT2D eigenvalue weighted by atomic mass is 16.5. The zero-order valence-corrected chi connectivity index (χ0v) is 19.7. The van der Waals surface area contributed by atoms with Gasteiger partial charge >= 0.3 is 0 Å². The molecular weight excluding hydrogens is 484 g/mol. The number of nitrogens with zero attached hydrogens (tertiary/aromatic N) is 8. The lowest BCUT2D eigenvalue weighted by molar-refractivity contribution is -0.116. The molecule has 3 atom stereocenters. The number of carbonyl (C=O) groups is 1. The fourth-order valence-corrected chi connectivity index (χ4v) is 4.70. The number of hydrogen-bond donors (Lipinski definition) is 4. The Morgan fingerprint density at radius 2 is 1.95 bits per heavy atom. The molecule has 4 aromatic heterocycles. The molecule has 190 valence electrons. The lowest BCUT2D eigenvalue weighted by Crippen LogP contribution is -2.30. The van der Waals surface area contributed by atoms with E-state index in [4.69, 9.17) is 15.5 Å². The van der Waals surface area contributed by atoms with Crippen LogP contribution in [0, 0.1) is 0 Å². The minimum absolute atomic E-state index is 0.0179. The molecule has 0 radical (unpaired) electrons. The fourth-order valence-electron chi connectivity index (χ4n) is 4.70. The van der Waals surface area contributed by atoms with E-state index in [0.717, 1.165) is 0 Å². The first-order valence-electron chi connectivity index (χ1n) is 11.4. The lowest BCUT2D eigenvalue weighted by Gasteiger charge is -2.23. The third kappa shape index (κ3) is 3.43. The molecule has 37 heavy (non-hydrogen) atoms. The van der Waals surface area contributed by atoms with Gasteiger partial charge in [0.25, 0.3) is 5.56 Å². The molecule has 1 aromatic carbocycles. The second-order valence-electron chi connectivity index (χ2n) is 8.70. The van der Waals surface area contributed by atoms with Gasteiger partial charge in [-0.05, 0) is 12.1 Å². The maximum atomic E-state index is 13.1. The average molecular weight is 506 g/mol. The molecule has 0 saturated carbocycles. The maximum Gasteiger partial charge on any atom is 0.280 e. The molecule has 0 bridgehead atoms. The molecule has 0 unspecified atom stereocenters. The number of fused-ring (bicyclic) bond motifs is 4. The van der Waals surface area contributed by atoms with E-state index in [0.29, 0.717) is 22.1 Å². The number of aliphatic hydroxyl groups excluding tert-OH is 2. The molecule has 15 nitrogen and oxygen atoms in total. The van der Waals surface area contributed by atoms with Crippen LogP contribution in [0.1, 0.15) is 19.6 Å². The van der Waals surface area contributed by atoms with Crippen molar-refractivity contribution in [3.63, 3.8) is 0 Å². The topological polar surface area (TPSA) is 203 Å². The number of aromatic amines is 1. The van der Waals surface area contributed by atoms with E-state index in [-0.39, 0.29) is 35.4 Å². The molecule has 1 aliphatic heterocycles. The van der Waals surface area contributed by atoms with E-state index < -0.39 is 36.5 Å².